The van der Waals surface area contributed by atoms with Crippen molar-refractivity contribution in [3.05, 3.63) is 41.4 Å². The summed E-state index contributed by atoms with van der Waals surface area (Å²) in [6.45, 7) is 0. The van der Waals surface area contributed by atoms with Gasteiger partial charge in [-0.25, -0.2) is 0 Å². The highest BCUT2D eigenvalue weighted by molar-refractivity contribution is 5.50. The number of hydrogen-bond donors (Lipinski definition) is 0. The summed E-state index contributed by atoms with van der Waals surface area (Å²) in [5.41, 5.74) is 9.38. The monoisotopic (exact) mass is 146 g/mol. The van der Waals surface area contributed by atoms with Gasteiger partial charge in [-0.15, -0.1) is 0 Å². The lowest BCUT2D eigenvalue weighted by atomic mass is 10.1. The second kappa shape index (κ2) is 4.42. The third-order valence-electron chi connectivity index (χ3n) is 1.49. The Bertz CT molecular complexity index is 248. The predicted octanol–water partition coefficient (Wildman–Crippen LogP) is 1.92. The van der Waals surface area contributed by atoms with E-state index in [1.54, 1.807) is 0 Å². The van der Waals surface area contributed by atoms with Gasteiger partial charge < -0.3 is 5.53 Å². The molecule has 0 aliphatic rings. The lowest BCUT2D eigenvalue weighted by Crippen LogP contribution is -1.84. The topological polar surface area (TPSA) is 36.4 Å². The van der Waals surface area contributed by atoms with Crippen molar-refractivity contribution >= 4 is 6.21 Å². The second-order valence-electron chi connectivity index (χ2n) is 2.32. The van der Waals surface area contributed by atoms with E-state index in [4.69, 9.17) is 5.53 Å². The van der Waals surface area contributed by atoms with Gasteiger partial charge in [-0.05, 0) is 12.0 Å². The van der Waals surface area contributed by atoms with Crippen molar-refractivity contribution < 1.29 is 4.79 Å². The van der Waals surface area contributed by atoms with Crippen molar-refractivity contribution in [2.75, 3.05) is 0 Å². The highest BCUT2D eigenvalue weighted by atomic mass is 14.8. The highest BCUT2D eigenvalue weighted by Crippen LogP contribution is 2.00. The lowest BCUT2D eigenvalue weighted by Gasteiger charge is -1.92. The summed E-state index contributed by atoms with van der Waals surface area (Å²) >= 11 is 0. The van der Waals surface area contributed by atoms with Crippen molar-refractivity contribution in [2.24, 2.45) is 0 Å². The molecule has 0 bridgehead atoms. The van der Waals surface area contributed by atoms with Crippen molar-refractivity contribution in [1.82, 2.24) is 0 Å². The van der Waals surface area contributed by atoms with E-state index in [-0.39, 0.29) is 0 Å². The maximum absolute atomic E-state index is 8.11. The minimum atomic E-state index is 0.792. The molecule has 56 valence electrons. The first-order valence-electron chi connectivity index (χ1n) is 3.63. The fourth-order valence-corrected chi connectivity index (χ4v) is 0.934. The Morgan fingerprint density at radius 2 is 2.00 bits per heavy atom. The molecule has 0 aliphatic carbocycles. The molecule has 0 aromatic heterocycles. The van der Waals surface area contributed by atoms with Crippen LogP contribution in [-0.4, -0.2) is 11.0 Å². The number of nitrogens with zero attached hydrogens (tertiary/aromatic N) is 2. The van der Waals surface area contributed by atoms with Crippen LogP contribution in [0.4, 0.5) is 0 Å². The largest absolute Gasteiger partial charge is 0.362 e. The average Bonchev–Trinajstić information content (AvgIpc) is 2.07. The van der Waals surface area contributed by atoms with E-state index in [9.17, 15) is 0 Å². The van der Waals surface area contributed by atoms with E-state index in [2.05, 4.69) is 16.9 Å². The van der Waals surface area contributed by atoms with E-state index in [0.717, 1.165) is 12.8 Å². The SMILES string of the molecule is [N-]=[N+]=CCCc1ccccc1. The average molecular weight is 146 g/mol. The van der Waals surface area contributed by atoms with Crippen LogP contribution in [0, 0.1) is 0 Å². The molecule has 0 spiro atoms. The molecule has 0 heterocycles. The molecule has 2 heteroatoms. The predicted molar refractivity (Wildman–Crippen MR) is 44.4 cm³/mol. The molecule has 0 atom stereocenters. The first kappa shape index (κ1) is 7.70. The number of benzene rings is 1. The molecule has 0 saturated carbocycles. The standard InChI is InChI=1S/C9H10N2/c10-11-8-4-7-9-5-2-1-3-6-9/h1-3,5-6,8H,4,7H2. The van der Waals surface area contributed by atoms with Crippen molar-refractivity contribution in [3.63, 3.8) is 0 Å². The summed E-state index contributed by atoms with van der Waals surface area (Å²) in [5.74, 6) is 0. The molecule has 0 aliphatic heterocycles. The summed E-state index contributed by atoms with van der Waals surface area (Å²) in [4.78, 5) is 2.93. The molecule has 0 amide bonds. The number of aryl methyl sites for hydroxylation is 1. The Labute approximate surface area is 66.1 Å². The molecule has 0 unspecified atom stereocenters. The molecule has 0 N–H and O–H groups in total. The lowest BCUT2D eigenvalue weighted by molar-refractivity contribution is 0.000933. The van der Waals surface area contributed by atoms with E-state index in [1.807, 2.05) is 18.2 Å². The zero-order chi connectivity index (χ0) is 7.94. The first-order chi connectivity index (χ1) is 5.43. The molecule has 11 heavy (non-hydrogen) atoms. The number of rotatable bonds is 3. The van der Waals surface area contributed by atoms with Crippen LogP contribution >= 0.6 is 0 Å². The Kier molecular flexibility index (Phi) is 3.10. The Hall–Kier alpha value is -1.40. The first-order valence-corrected chi connectivity index (χ1v) is 3.63. The zero-order valence-electron chi connectivity index (χ0n) is 6.27. The summed E-state index contributed by atoms with van der Waals surface area (Å²) in [5, 5.41) is 0. The zero-order valence-corrected chi connectivity index (χ0v) is 6.27. The molecule has 1 rings (SSSR count). The van der Waals surface area contributed by atoms with Gasteiger partial charge in [-0.3, -0.25) is 0 Å². The summed E-state index contributed by atoms with van der Waals surface area (Å²) in [6, 6.07) is 10.1. The van der Waals surface area contributed by atoms with Gasteiger partial charge in [0.2, 0.25) is 0 Å². The van der Waals surface area contributed by atoms with Crippen LogP contribution in [0.3, 0.4) is 0 Å². The van der Waals surface area contributed by atoms with Crippen LogP contribution in [0.5, 0.6) is 0 Å². The Morgan fingerprint density at radius 1 is 1.27 bits per heavy atom. The summed E-state index contributed by atoms with van der Waals surface area (Å²) < 4.78 is 0. The molecule has 0 radical (unpaired) electrons. The van der Waals surface area contributed by atoms with Gasteiger partial charge in [-0.1, -0.05) is 30.3 Å². The van der Waals surface area contributed by atoms with Crippen molar-refractivity contribution in [1.29, 1.82) is 0 Å². The fourth-order valence-electron chi connectivity index (χ4n) is 0.934. The summed E-state index contributed by atoms with van der Waals surface area (Å²) in [7, 11) is 0. The van der Waals surface area contributed by atoms with Crippen LogP contribution in [0.1, 0.15) is 12.0 Å². The maximum atomic E-state index is 8.11. The van der Waals surface area contributed by atoms with E-state index >= 15 is 0 Å². The van der Waals surface area contributed by atoms with Crippen molar-refractivity contribution in [3.8, 4) is 0 Å². The second-order valence-corrected chi connectivity index (χ2v) is 2.32. The molecule has 1 aromatic rings. The fraction of sp³-hybridized carbons (Fsp3) is 0.222. The normalized spacial score (nSPS) is 8.73. The van der Waals surface area contributed by atoms with Gasteiger partial charge in [0, 0.05) is 6.42 Å². The van der Waals surface area contributed by atoms with E-state index in [1.165, 1.54) is 11.8 Å². The van der Waals surface area contributed by atoms with Crippen LogP contribution < -0.4 is 0 Å². The van der Waals surface area contributed by atoms with Crippen LogP contribution in [0.15, 0.2) is 30.3 Å². The van der Waals surface area contributed by atoms with Gasteiger partial charge in [0.1, 0.15) is 0 Å². The van der Waals surface area contributed by atoms with Gasteiger partial charge in [0.15, 0.2) is 0 Å². The van der Waals surface area contributed by atoms with Gasteiger partial charge in [-0.2, -0.15) is 4.79 Å². The highest BCUT2D eigenvalue weighted by Gasteiger charge is 1.89. The molecule has 1 aromatic carbocycles. The smallest absolute Gasteiger partial charge is 0.257 e. The molecular weight excluding hydrogens is 136 g/mol. The molecular formula is C9H10N2. The van der Waals surface area contributed by atoms with Gasteiger partial charge in [0.05, 0.1) is 0 Å². The van der Waals surface area contributed by atoms with Gasteiger partial charge in [0.25, 0.3) is 6.21 Å². The van der Waals surface area contributed by atoms with E-state index in [0.29, 0.717) is 0 Å². The minimum Gasteiger partial charge on any atom is -0.362 e. The number of hydrogen-bond acceptors (Lipinski definition) is 0. The molecule has 0 fully saturated rings. The summed E-state index contributed by atoms with van der Waals surface area (Å²) in [6.07, 6.45) is 3.23. The Morgan fingerprint density at radius 3 is 2.64 bits per heavy atom. The quantitative estimate of drug-likeness (QED) is 0.355. The maximum Gasteiger partial charge on any atom is 0.257 e. The van der Waals surface area contributed by atoms with Gasteiger partial charge >= 0.3 is 0 Å². The molecule has 0 saturated heterocycles. The van der Waals surface area contributed by atoms with Crippen molar-refractivity contribution in [2.45, 2.75) is 12.8 Å². The third kappa shape index (κ3) is 2.78. The van der Waals surface area contributed by atoms with Crippen LogP contribution in [0.2, 0.25) is 0 Å². The van der Waals surface area contributed by atoms with Crippen LogP contribution in [-0.2, 0) is 6.42 Å². The van der Waals surface area contributed by atoms with Crippen LogP contribution in [0.25, 0.3) is 5.53 Å². The Balaban J connectivity index is 2.45. The molecule has 2 nitrogen and oxygen atoms in total. The third-order valence-corrected chi connectivity index (χ3v) is 1.49. The minimum absolute atomic E-state index is 0.792. The van der Waals surface area contributed by atoms with E-state index < -0.39 is 0 Å².